The SMILES string of the molecule is C=Cc1nn(C)nc1-c1cccc(N)c1OC. The van der Waals surface area contributed by atoms with E-state index in [9.17, 15) is 0 Å². The van der Waals surface area contributed by atoms with E-state index in [0.29, 0.717) is 22.8 Å². The third-order valence-corrected chi connectivity index (χ3v) is 2.44. The molecule has 5 nitrogen and oxygen atoms in total. The van der Waals surface area contributed by atoms with Gasteiger partial charge in [0.05, 0.1) is 12.8 Å². The monoisotopic (exact) mass is 230 g/mol. The number of aryl methyl sites for hydroxylation is 1. The zero-order chi connectivity index (χ0) is 12.4. The fourth-order valence-electron chi connectivity index (χ4n) is 1.72. The summed E-state index contributed by atoms with van der Waals surface area (Å²) in [6, 6.07) is 5.53. The van der Waals surface area contributed by atoms with Gasteiger partial charge in [0.2, 0.25) is 0 Å². The molecule has 0 unspecified atom stereocenters. The highest BCUT2D eigenvalue weighted by molar-refractivity contribution is 5.79. The van der Waals surface area contributed by atoms with Crippen LogP contribution in [0.25, 0.3) is 17.3 Å². The van der Waals surface area contributed by atoms with E-state index in [0.717, 1.165) is 5.56 Å². The molecule has 0 aliphatic carbocycles. The number of rotatable bonds is 3. The van der Waals surface area contributed by atoms with Crippen LogP contribution < -0.4 is 10.5 Å². The van der Waals surface area contributed by atoms with Gasteiger partial charge >= 0.3 is 0 Å². The third kappa shape index (κ3) is 1.87. The average Bonchev–Trinajstić information content (AvgIpc) is 2.70. The number of aromatic nitrogens is 3. The smallest absolute Gasteiger partial charge is 0.151 e. The summed E-state index contributed by atoms with van der Waals surface area (Å²) in [5, 5.41) is 8.50. The number of nitrogens with two attached hydrogens (primary N) is 1. The molecule has 0 saturated carbocycles. The van der Waals surface area contributed by atoms with Gasteiger partial charge in [0.15, 0.2) is 5.75 Å². The van der Waals surface area contributed by atoms with Crippen molar-refractivity contribution in [3.63, 3.8) is 0 Å². The Morgan fingerprint density at radius 2 is 2.18 bits per heavy atom. The van der Waals surface area contributed by atoms with Crippen LogP contribution in [0.5, 0.6) is 5.75 Å². The Morgan fingerprint density at radius 1 is 1.41 bits per heavy atom. The second kappa shape index (κ2) is 4.29. The van der Waals surface area contributed by atoms with Crippen LogP contribution >= 0.6 is 0 Å². The van der Waals surface area contributed by atoms with E-state index in [1.807, 2.05) is 12.1 Å². The van der Waals surface area contributed by atoms with Gasteiger partial charge in [-0.3, -0.25) is 0 Å². The Kier molecular flexibility index (Phi) is 2.82. The Hall–Kier alpha value is -2.30. The number of ether oxygens (including phenoxy) is 1. The number of hydrogen-bond donors (Lipinski definition) is 1. The van der Waals surface area contributed by atoms with Gasteiger partial charge in [-0.25, -0.2) is 0 Å². The number of nitrogens with zero attached hydrogens (tertiary/aromatic N) is 3. The molecule has 2 aromatic rings. The molecule has 2 rings (SSSR count). The quantitative estimate of drug-likeness (QED) is 0.815. The van der Waals surface area contributed by atoms with Gasteiger partial charge in [0.1, 0.15) is 11.4 Å². The summed E-state index contributed by atoms with van der Waals surface area (Å²) < 4.78 is 5.30. The molecule has 2 N–H and O–H groups in total. The van der Waals surface area contributed by atoms with E-state index in [1.54, 1.807) is 26.3 Å². The average molecular weight is 230 g/mol. The predicted octanol–water partition coefficient (Wildman–Crippen LogP) is 1.72. The molecule has 0 atom stereocenters. The van der Waals surface area contributed by atoms with Crippen LogP contribution in [0.15, 0.2) is 24.8 Å². The molecule has 1 heterocycles. The molecule has 0 aliphatic rings. The Morgan fingerprint density at radius 3 is 2.82 bits per heavy atom. The molecule has 0 spiro atoms. The first kappa shape index (κ1) is 11.2. The van der Waals surface area contributed by atoms with Crippen molar-refractivity contribution >= 4 is 11.8 Å². The first-order valence-corrected chi connectivity index (χ1v) is 5.14. The summed E-state index contributed by atoms with van der Waals surface area (Å²) in [5.41, 5.74) is 8.67. The molecular weight excluding hydrogens is 216 g/mol. The first-order valence-electron chi connectivity index (χ1n) is 5.14. The molecule has 0 bridgehead atoms. The largest absolute Gasteiger partial charge is 0.494 e. The van der Waals surface area contributed by atoms with Crippen LogP contribution in [-0.4, -0.2) is 22.1 Å². The number of nitrogen functional groups attached to an aromatic ring is 1. The van der Waals surface area contributed by atoms with E-state index >= 15 is 0 Å². The second-order valence-electron chi connectivity index (χ2n) is 3.56. The van der Waals surface area contributed by atoms with Crippen molar-refractivity contribution in [1.29, 1.82) is 0 Å². The van der Waals surface area contributed by atoms with Crippen molar-refractivity contribution in [2.75, 3.05) is 12.8 Å². The lowest BCUT2D eigenvalue weighted by Gasteiger charge is -2.08. The molecule has 0 aliphatic heterocycles. The normalized spacial score (nSPS) is 10.2. The summed E-state index contributed by atoms with van der Waals surface area (Å²) in [4.78, 5) is 1.50. The Labute approximate surface area is 99.5 Å². The summed E-state index contributed by atoms with van der Waals surface area (Å²) >= 11 is 0. The highest BCUT2D eigenvalue weighted by Crippen LogP contribution is 2.34. The fourth-order valence-corrected chi connectivity index (χ4v) is 1.72. The Balaban J connectivity index is 2.67. The lowest BCUT2D eigenvalue weighted by Crippen LogP contribution is -1.96. The van der Waals surface area contributed by atoms with E-state index < -0.39 is 0 Å². The number of methoxy groups -OCH3 is 1. The molecule has 0 amide bonds. The summed E-state index contributed by atoms with van der Waals surface area (Å²) in [6.45, 7) is 3.72. The van der Waals surface area contributed by atoms with E-state index in [-0.39, 0.29) is 0 Å². The number of benzene rings is 1. The first-order chi connectivity index (χ1) is 8.17. The topological polar surface area (TPSA) is 66.0 Å². The maximum Gasteiger partial charge on any atom is 0.151 e. The van der Waals surface area contributed by atoms with E-state index in [4.69, 9.17) is 10.5 Å². The minimum atomic E-state index is 0.575. The highest BCUT2D eigenvalue weighted by Gasteiger charge is 2.15. The van der Waals surface area contributed by atoms with Gasteiger partial charge in [-0.2, -0.15) is 15.0 Å². The molecule has 1 aromatic carbocycles. The molecule has 17 heavy (non-hydrogen) atoms. The van der Waals surface area contributed by atoms with Crippen LogP contribution in [0.2, 0.25) is 0 Å². The van der Waals surface area contributed by atoms with Gasteiger partial charge in [-0.05, 0) is 18.2 Å². The van der Waals surface area contributed by atoms with Gasteiger partial charge in [0, 0.05) is 12.6 Å². The van der Waals surface area contributed by atoms with Gasteiger partial charge < -0.3 is 10.5 Å². The van der Waals surface area contributed by atoms with E-state index in [1.165, 1.54) is 4.80 Å². The van der Waals surface area contributed by atoms with Crippen LogP contribution in [0.3, 0.4) is 0 Å². The molecule has 1 aromatic heterocycles. The van der Waals surface area contributed by atoms with Crippen molar-refractivity contribution in [2.24, 2.45) is 7.05 Å². The Bertz CT molecular complexity index is 560. The van der Waals surface area contributed by atoms with Crippen LogP contribution in [-0.2, 0) is 7.05 Å². The molecule has 0 fully saturated rings. The zero-order valence-electron chi connectivity index (χ0n) is 9.84. The number of para-hydroxylation sites is 1. The standard InChI is InChI=1S/C12H14N4O/c1-4-10-11(15-16(2)14-10)8-6-5-7-9(13)12(8)17-3/h4-7H,1,13H2,2-3H3. The van der Waals surface area contributed by atoms with Crippen molar-refractivity contribution in [2.45, 2.75) is 0 Å². The second-order valence-corrected chi connectivity index (χ2v) is 3.56. The summed E-state index contributed by atoms with van der Waals surface area (Å²) in [6.07, 6.45) is 1.66. The predicted molar refractivity (Wildman–Crippen MR) is 67.5 cm³/mol. The molecule has 88 valence electrons. The minimum Gasteiger partial charge on any atom is -0.494 e. The van der Waals surface area contributed by atoms with Crippen LogP contribution in [0.1, 0.15) is 5.69 Å². The van der Waals surface area contributed by atoms with Crippen LogP contribution in [0, 0.1) is 0 Å². The molecular formula is C12H14N4O. The van der Waals surface area contributed by atoms with Gasteiger partial charge in [-0.1, -0.05) is 12.6 Å². The number of hydrogen-bond acceptors (Lipinski definition) is 4. The van der Waals surface area contributed by atoms with E-state index in [2.05, 4.69) is 16.8 Å². The highest BCUT2D eigenvalue weighted by atomic mass is 16.5. The van der Waals surface area contributed by atoms with Crippen LogP contribution in [0.4, 0.5) is 5.69 Å². The van der Waals surface area contributed by atoms with Crippen molar-refractivity contribution in [3.05, 3.63) is 30.5 Å². The zero-order valence-corrected chi connectivity index (χ0v) is 9.84. The summed E-state index contributed by atoms with van der Waals surface area (Å²) in [7, 11) is 3.34. The van der Waals surface area contributed by atoms with Crippen molar-refractivity contribution in [1.82, 2.24) is 15.0 Å². The molecule has 0 radical (unpaired) electrons. The molecule has 5 heteroatoms. The lowest BCUT2D eigenvalue weighted by atomic mass is 10.1. The van der Waals surface area contributed by atoms with Gasteiger partial charge in [-0.15, -0.1) is 0 Å². The minimum absolute atomic E-state index is 0.575. The lowest BCUT2D eigenvalue weighted by molar-refractivity contribution is 0.418. The summed E-state index contributed by atoms with van der Waals surface area (Å²) in [5.74, 6) is 0.608. The van der Waals surface area contributed by atoms with Crippen molar-refractivity contribution < 1.29 is 4.74 Å². The van der Waals surface area contributed by atoms with Crippen molar-refractivity contribution in [3.8, 4) is 17.0 Å². The maximum absolute atomic E-state index is 5.86. The number of anilines is 1. The maximum atomic E-state index is 5.86. The molecule has 0 saturated heterocycles. The third-order valence-electron chi connectivity index (χ3n) is 2.44. The van der Waals surface area contributed by atoms with Gasteiger partial charge in [0.25, 0.3) is 0 Å². The fraction of sp³-hybridized carbons (Fsp3) is 0.167.